The van der Waals surface area contributed by atoms with Crippen LogP contribution in [-0.2, 0) is 23.1 Å². The molecule has 17 heteroatoms. The van der Waals surface area contributed by atoms with Crippen LogP contribution in [-0.4, -0.2) is 120 Å². The van der Waals surface area contributed by atoms with E-state index in [2.05, 4.69) is 5.10 Å². The molecule has 0 spiro atoms. The van der Waals surface area contributed by atoms with Crippen molar-refractivity contribution in [3.05, 3.63) is 52.5 Å². The average molecular weight is 580 g/mol. The number of hydrogen-bond acceptors (Lipinski definition) is 8. The largest absolute Gasteiger partial charge is 0.496 e. The van der Waals surface area contributed by atoms with Crippen LogP contribution >= 0.6 is 11.3 Å². The molecule has 1 aromatic carbocycles. The van der Waals surface area contributed by atoms with Gasteiger partial charge >= 0.3 is 0 Å². The van der Waals surface area contributed by atoms with Gasteiger partial charge < -0.3 is 23.8 Å². The molecule has 1 amide bonds. The predicted octanol–water partition coefficient (Wildman–Crippen LogP) is 0.364. The number of carbonyl (C=O) groups excluding carboxylic acids is 1. The SMILES string of the molecule is [B]C([B])([B])OCC1(N(C(=O)c2nn(-c3ccsc3)c3c2COc2cc(OC)c(-c4ccn(C)n4)cc2-3)C([B])([B])[B])COC1. The number of methoxy groups -OCH3 is 1. The Balaban J connectivity index is 1.52. The maximum absolute atomic E-state index is 14.4. The molecule has 0 bridgehead atoms. The van der Waals surface area contributed by atoms with E-state index in [1.165, 1.54) is 11.3 Å². The standard InChI is InChI=1S/C26H21B6N5O5S/c1-35-5-3-18(33-35)15-7-16-20(8-19(15)39-2)41-9-17-21(34-36(22(16)17)14-4-6-43-10-14)23(38)37(25(27,28)29)24(11-40-12-24)13-42-26(30,31)32/h3-8,10H,9,11-13H2,1-2H3. The monoisotopic (exact) mass is 581 g/mol. The highest BCUT2D eigenvalue weighted by atomic mass is 32.1. The maximum Gasteiger partial charge on any atom is 0.273 e. The van der Waals surface area contributed by atoms with Gasteiger partial charge in [-0.05, 0) is 28.9 Å². The molecular weight excluding hydrogens is 559 g/mol. The van der Waals surface area contributed by atoms with E-state index in [-0.39, 0.29) is 32.1 Å². The lowest BCUT2D eigenvalue weighted by atomic mass is 9.47. The molecule has 2 aliphatic heterocycles. The van der Waals surface area contributed by atoms with Crippen molar-refractivity contribution in [1.29, 1.82) is 0 Å². The van der Waals surface area contributed by atoms with Crippen LogP contribution in [0, 0.1) is 0 Å². The quantitative estimate of drug-likeness (QED) is 0.264. The molecule has 4 aromatic rings. The number of benzene rings is 1. The zero-order valence-electron chi connectivity index (χ0n) is 23.5. The van der Waals surface area contributed by atoms with E-state index >= 15 is 0 Å². The Morgan fingerprint density at radius 2 is 1.91 bits per heavy atom. The predicted molar refractivity (Wildman–Crippen MR) is 166 cm³/mol. The van der Waals surface area contributed by atoms with Crippen molar-refractivity contribution in [2.24, 2.45) is 7.05 Å². The van der Waals surface area contributed by atoms with Crippen LogP contribution in [0.2, 0.25) is 0 Å². The summed E-state index contributed by atoms with van der Waals surface area (Å²) in [5.74, 6) is 0.447. The molecular formula is C26H21B6N5O5S. The van der Waals surface area contributed by atoms with Gasteiger partial charge in [0.15, 0.2) is 5.69 Å². The summed E-state index contributed by atoms with van der Waals surface area (Å²) >= 11 is 1.48. The second kappa shape index (κ2) is 10.7. The number of thiophene rings is 1. The summed E-state index contributed by atoms with van der Waals surface area (Å²) in [5.41, 5.74) is 2.77. The van der Waals surface area contributed by atoms with Crippen molar-refractivity contribution in [2.75, 3.05) is 26.9 Å². The molecule has 12 radical (unpaired) electrons. The van der Waals surface area contributed by atoms with E-state index in [1.54, 1.807) is 22.5 Å². The van der Waals surface area contributed by atoms with E-state index in [0.29, 0.717) is 34.0 Å². The third-order valence-electron chi connectivity index (χ3n) is 7.25. The summed E-state index contributed by atoms with van der Waals surface area (Å²) in [5, 5.41) is 9.01. The van der Waals surface area contributed by atoms with Crippen molar-refractivity contribution in [2.45, 2.75) is 22.7 Å². The van der Waals surface area contributed by atoms with Gasteiger partial charge in [0, 0.05) is 41.4 Å². The van der Waals surface area contributed by atoms with Crippen LogP contribution < -0.4 is 9.47 Å². The molecule has 3 aromatic heterocycles. The van der Waals surface area contributed by atoms with Gasteiger partial charge in [0.05, 0.1) is 91.1 Å². The normalized spacial score (nSPS) is 15.6. The molecule has 0 aliphatic carbocycles. The summed E-state index contributed by atoms with van der Waals surface area (Å²) in [6, 6.07) is 7.47. The first-order chi connectivity index (χ1) is 20.3. The minimum Gasteiger partial charge on any atom is -0.496 e. The van der Waals surface area contributed by atoms with Crippen LogP contribution in [0.1, 0.15) is 16.1 Å². The van der Waals surface area contributed by atoms with E-state index in [4.69, 9.17) is 71.1 Å². The molecule has 204 valence electrons. The van der Waals surface area contributed by atoms with Gasteiger partial charge in [-0.15, -0.1) is 0 Å². The van der Waals surface area contributed by atoms with Gasteiger partial charge in [-0.25, -0.2) is 4.68 Å². The van der Waals surface area contributed by atoms with E-state index in [9.17, 15) is 4.79 Å². The second-order valence-corrected chi connectivity index (χ2v) is 11.4. The van der Waals surface area contributed by atoms with E-state index in [0.717, 1.165) is 16.2 Å². The summed E-state index contributed by atoms with van der Waals surface area (Å²) < 4.78 is 26.1. The summed E-state index contributed by atoms with van der Waals surface area (Å²) in [4.78, 5) is 15.5. The Morgan fingerprint density at radius 1 is 1.14 bits per heavy atom. The molecule has 0 N–H and O–H groups in total. The Bertz CT molecular complexity index is 1680. The first-order valence-electron chi connectivity index (χ1n) is 13.1. The van der Waals surface area contributed by atoms with Crippen molar-refractivity contribution in [3.8, 4) is 39.7 Å². The number of amides is 1. The molecule has 0 atom stereocenters. The van der Waals surface area contributed by atoms with Crippen molar-refractivity contribution < 1.29 is 23.7 Å². The van der Waals surface area contributed by atoms with Crippen molar-refractivity contribution in [1.82, 2.24) is 24.5 Å². The smallest absolute Gasteiger partial charge is 0.273 e. The third-order valence-corrected chi connectivity index (χ3v) is 7.92. The van der Waals surface area contributed by atoms with E-state index < -0.39 is 22.0 Å². The van der Waals surface area contributed by atoms with Crippen LogP contribution in [0.25, 0.3) is 28.2 Å². The van der Waals surface area contributed by atoms with E-state index in [1.807, 2.05) is 42.2 Å². The van der Waals surface area contributed by atoms with Crippen LogP contribution in [0.5, 0.6) is 11.5 Å². The lowest BCUT2D eigenvalue weighted by Gasteiger charge is -2.56. The molecule has 1 fully saturated rings. The number of aryl methyl sites for hydroxylation is 1. The molecule has 1 saturated heterocycles. The first-order valence-corrected chi connectivity index (χ1v) is 14.0. The topological polar surface area (TPSA) is 92.9 Å². The molecule has 0 unspecified atom stereocenters. The number of nitrogens with zero attached hydrogens (tertiary/aromatic N) is 5. The molecule has 43 heavy (non-hydrogen) atoms. The molecule has 0 saturated carbocycles. The number of fused-ring (bicyclic) bond motifs is 3. The fourth-order valence-corrected chi connectivity index (χ4v) is 5.94. The summed E-state index contributed by atoms with van der Waals surface area (Å²) in [6.07, 6.45) is 1.84. The number of aromatic nitrogens is 4. The van der Waals surface area contributed by atoms with Gasteiger partial charge in [0.25, 0.3) is 5.91 Å². The third kappa shape index (κ3) is 5.36. The van der Waals surface area contributed by atoms with Crippen LogP contribution in [0.4, 0.5) is 0 Å². The fourth-order valence-electron chi connectivity index (χ4n) is 5.33. The molecule has 2 aliphatic rings. The Hall–Kier alpha value is -3.28. The average Bonchev–Trinajstić information content (AvgIpc) is 3.67. The number of rotatable bonds is 9. The second-order valence-electron chi connectivity index (χ2n) is 10.7. The zero-order chi connectivity index (χ0) is 30.7. The van der Waals surface area contributed by atoms with Gasteiger partial charge in [0.1, 0.15) is 23.6 Å². The Kier molecular flexibility index (Phi) is 7.42. The van der Waals surface area contributed by atoms with Crippen molar-refractivity contribution in [3.63, 3.8) is 0 Å². The van der Waals surface area contributed by atoms with Gasteiger partial charge in [-0.2, -0.15) is 21.5 Å². The fraction of sp³-hybridized carbons (Fsp3) is 0.346. The van der Waals surface area contributed by atoms with Gasteiger partial charge in [-0.1, -0.05) is 5.24 Å². The highest BCUT2D eigenvalue weighted by Crippen LogP contribution is 2.46. The van der Waals surface area contributed by atoms with Crippen molar-refractivity contribution >= 4 is 64.3 Å². The number of carbonyl (C=O) groups is 1. The highest BCUT2D eigenvalue weighted by molar-refractivity contribution is 7.08. The summed E-state index contributed by atoms with van der Waals surface area (Å²) in [7, 11) is 38.9. The molecule has 5 heterocycles. The highest BCUT2D eigenvalue weighted by Gasteiger charge is 2.52. The lowest BCUT2D eigenvalue weighted by Crippen LogP contribution is -2.74. The minimum absolute atomic E-state index is 0.0116. The Labute approximate surface area is 260 Å². The first kappa shape index (κ1) is 29.8. The maximum atomic E-state index is 14.4. The number of ether oxygens (including phenoxy) is 4. The minimum atomic E-state index is -2.16. The van der Waals surface area contributed by atoms with Crippen LogP contribution in [0.3, 0.4) is 0 Å². The molecule has 10 nitrogen and oxygen atoms in total. The number of hydrogen-bond donors (Lipinski definition) is 0. The Morgan fingerprint density at radius 3 is 2.47 bits per heavy atom. The summed E-state index contributed by atoms with van der Waals surface area (Å²) in [6.45, 7) is -0.266. The zero-order valence-corrected chi connectivity index (χ0v) is 24.3. The molecule has 6 rings (SSSR count). The van der Waals surface area contributed by atoms with Gasteiger partial charge in [0.2, 0.25) is 0 Å². The van der Waals surface area contributed by atoms with Gasteiger partial charge in [-0.3, -0.25) is 9.48 Å². The lowest BCUT2D eigenvalue weighted by molar-refractivity contribution is -0.159. The van der Waals surface area contributed by atoms with Crippen LogP contribution in [0.15, 0.2) is 41.2 Å².